The Morgan fingerprint density at radius 3 is 2.80 bits per heavy atom. The molecule has 2 atom stereocenters. The van der Waals surface area contributed by atoms with E-state index in [9.17, 15) is 4.79 Å². The highest BCUT2D eigenvalue weighted by molar-refractivity contribution is 5.85. The molecule has 20 heavy (non-hydrogen) atoms. The number of carbonyl (C=O) groups excluding carboxylic acids is 1. The van der Waals surface area contributed by atoms with Gasteiger partial charge in [0, 0.05) is 24.4 Å². The first-order valence-electron chi connectivity index (χ1n) is 6.69. The molecule has 2 rings (SSSR count). The van der Waals surface area contributed by atoms with Crippen molar-refractivity contribution in [3.63, 3.8) is 0 Å². The highest BCUT2D eigenvalue weighted by Crippen LogP contribution is 2.24. The minimum Gasteiger partial charge on any atom is -0.353 e. The SMILES string of the molecule is Cl.Cl.NCC1CCCC1NC(=O)CCc1ccccn1. The molecule has 6 heteroatoms. The molecule has 0 saturated heterocycles. The van der Waals surface area contributed by atoms with Crippen LogP contribution in [0.4, 0.5) is 0 Å². The summed E-state index contributed by atoms with van der Waals surface area (Å²) in [5.41, 5.74) is 6.67. The lowest BCUT2D eigenvalue weighted by molar-refractivity contribution is -0.122. The number of pyridine rings is 1. The van der Waals surface area contributed by atoms with Gasteiger partial charge in [-0.2, -0.15) is 0 Å². The van der Waals surface area contributed by atoms with E-state index in [1.807, 2.05) is 18.2 Å². The molecule has 1 heterocycles. The van der Waals surface area contributed by atoms with E-state index >= 15 is 0 Å². The van der Waals surface area contributed by atoms with Crippen LogP contribution < -0.4 is 11.1 Å². The number of hydrogen-bond donors (Lipinski definition) is 2. The van der Waals surface area contributed by atoms with Crippen molar-refractivity contribution in [1.82, 2.24) is 10.3 Å². The fourth-order valence-corrected chi connectivity index (χ4v) is 2.58. The number of aryl methyl sites for hydroxylation is 1. The molecule has 0 radical (unpaired) electrons. The number of nitrogens with two attached hydrogens (primary N) is 1. The molecule has 1 fully saturated rings. The number of rotatable bonds is 5. The van der Waals surface area contributed by atoms with Crippen LogP contribution in [0.2, 0.25) is 0 Å². The molecule has 0 bridgehead atoms. The molecular formula is C14H23Cl2N3O. The summed E-state index contributed by atoms with van der Waals surface area (Å²) in [6.45, 7) is 0.672. The summed E-state index contributed by atoms with van der Waals surface area (Å²) in [5.74, 6) is 0.579. The van der Waals surface area contributed by atoms with Crippen molar-refractivity contribution in [2.45, 2.75) is 38.1 Å². The van der Waals surface area contributed by atoms with Crippen molar-refractivity contribution in [3.8, 4) is 0 Å². The van der Waals surface area contributed by atoms with E-state index in [-0.39, 0.29) is 36.8 Å². The van der Waals surface area contributed by atoms with Crippen molar-refractivity contribution in [2.75, 3.05) is 6.54 Å². The largest absolute Gasteiger partial charge is 0.353 e. The van der Waals surface area contributed by atoms with Crippen LogP contribution in [0, 0.1) is 5.92 Å². The topological polar surface area (TPSA) is 68.0 Å². The summed E-state index contributed by atoms with van der Waals surface area (Å²) in [5, 5.41) is 3.10. The molecule has 114 valence electrons. The summed E-state index contributed by atoms with van der Waals surface area (Å²) < 4.78 is 0. The Morgan fingerprint density at radius 2 is 2.15 bits per heavy atom. The van der Waals surface area contributed by atoms with E-state index in [2.05, 4.69) is 10.3 Å². The minimum absolute atomic E-state index is 0. The van der Waals surface area contributed by atoms with Gasteiger partial charge in [0.2, 0.25) is 5.91 Å². The molecular weight excluding hydrogens is 297 g/mol. The van der Waals surface area contributed by atoms with Crippen LogP contribution in [0.5, 0.6) is 0 Å². The molecule has 1 amide bonds. The molecule has 1 saturated carbocycles. The van der Waals surface area contributed by atoms with Crippen LogP contribution in [0.1, 0.15) is 31.4 Å². The lowest BCUT2D eigenvalue weighted by Crippen LogP contribution is -2.39. The summed E-state index contributed by atoms with van der Waals surface area (Å²) in [4.78, 5) is 16.1. The summed E-state index contributed by atoms with van der Waals surface area (Å²) in [7, 11) is 0. The molecule has 2 unspecified atom stereocenters. The molecule has 3 N–H and O–H groups in total. The monoisotopic (exact) mass is 319 g/mol. The minimum atomic E-state index is 0. The predicted molar refractivity (Wildman–Crippen MR) is 85.4 cm³/mol. The normalized spacial score (nSPS) is 20.6. The Balaban J connectivity index is 0.00000180. The molecule has 1 aliphatic carbocycles. The van der Waals surface area contributed by atoms with E-state index in [0.29, 0.717) is 25.3 Å². The number of nitrogens with one attached hydrogen (secondary N) is 1. The third kappa shape index (κ3) is 5.65. The maximum Gasteiger partial charge on any atom is 0.220 e. The van der Waals surface area contributed by atoms with Crippen LogP contribution >= 0.6 is 24.8 Å². The van der Waals surface area contributed by atoms with Gasteiger partial charge in [0.05, 0.1) is 0 Å². The predicted octanol–water partition coefficient (Wildman–Crippen LogP) is 2.10. The highest BCUT2D eigenvalue weighted by atomic mass is 35.5. The first-order valence-corrected chi connectivity index (χ1v) is 6.69. The van der Waals surface area contributed by atoms with Gasteiger partial charge in [-0.15, -0.1) is 24.8 Å². The summed E-state index contributed by atoms with van der Waals surface area (Å²) >= 11 is 0. The molecule has 0 spiro atoms. The van der Waals surface area contributed by atoms with E-state index in [0.717, 1.165) is 18.5 Å². The Hall–Kier alpha value is -0.840. The van der Waals surface area contributed by atoms with Gasteiger partial charge in [-0.3, -0.25) is 9.78 Å². The first kappa shape index (κ1) is 19.2. The van der Waals surface area contributed by atoms with Crippen LogP contribution in [0.3, 0.4) is 0 Å². The number of nitrogens with zero attached hydrogens (tertiary/aromatic N) is 1. The maximum atomic E-state index is 11.9. The van der Waals surface area contributed by atoms with E-state index < -0.39 is 0 Å². The Bertz CT molecular complexity index is 389. The zero-order valence-electron chi connectivity index (χ0n) is 11.5. The van der Waals surface area contributed by atoms with Crippen molar-refractivity contribution >= 4 is 30.7 Å². The Morgan fingerprint density at radius 1 is 1.35 bits per heavy atom. The van der Waals surface area contributed by atoms with E-state index in [1.54, 1.807) is 6.20 Å². The molecule has 1 aromatic heterocycles. The molecule has 0 aromatic carbocycles. The molecule has 0 aliphatic heterocycles. The van der Waals surface area contributed by atoms with Crippen molar-refractivity contribution < 1.29 is 4.79 Å². The van der Waals surface area contributed by atoms with Crippen molar-refractivity contribution in [2.24, 2.45) is 11.7 Å². The number of hydrogen-bond acceptors (Lipinski definition) is 3. The van der Waals surface area contributed by atoms with Crippen LogP contribution in [0.25, 0.3) is 0 Å². The maximum absolute atomic E-state index is 11.9. The van der Waals surface area contributed by atoms with Gasteiger partial charge in [0.15, 0.2) is 0 Å². The third-order valence-corrected chi connectivity index (χ3v) is 3.64. The van der Waals surface area contributed by atoms with Crippen LogP contribution in [0.15, 0.2) is 24.4 Å². The Labute approximate surface area is 132 Å². The molecule has 4 nitrogen and oxygen atoms in total. The molecule has 1 aromatic rings. The van der Waals surface area contributed by atoms with Gasteiger partial charge in [0.25, 0.3) is 0 Å². The van der Waals surface area contributed by atoms with Crippen LogP contribution in [-0.2, 0) is 11.2 Å². The van der Waals surface area contributed by atoms with Crippen LogP contribution in [-0.4, -0.2) is 23.5 Å². The number of halogens is 2. The Kier molecular flexibility index (Phi) is 9.55. The fraction of sp³-hybridized carbons (Fsp3) is 0.571. The second-order valence-electron chi connectivity index (χ2n) is 4.92. The van der Waals surface area contributed by atoms with Gasteiger partial charge < -0.3 is 11.1 Å². The number of aromatic nitrogens is 1. The highest BCUT2D eigenvalue weighted by Gasteiger charge is 2.26. The second kappa shape index (κ2) is 9.97. The quantitative estimate of drug-likeness (QED) is 0.873. The smallest absolute Gasteiger partial charge is 0.220 e. The van der Waals surface area contributed by atoms with Crippen molar-refractivity contribution in [1.29, 1.82) is 0 Å². The lowest BCUT2D eigenvalue weighted by Gasteiger charge is -2.19. The average Bonchev–Trinajstić information content (AvgIpc) is 2.85. The van der Waals surface area contributed by atoms with Crippen molar-refractivity contribution in [3.05, 3.63) is 30.1 Å². The van der Waals surface area contributed by atoms with Gasteiger partial charge in [0.1, 0.15) is 0 Å². The zero-order chi connectivity index (χ0) is 12.8. The average molecular weight is 320 g/mol. The second-order valence-corrected chi connectivity index (χ2v) is 4.92. The number of carbonyl (C=O) groups is 1. The molecule has 1 aliphatic rings. The van der Waals surface area contributed by atoms with Gasteiger partial charge >= 0.3 is 0 Å². The fourth-order valence-electron chi connectivity index (χ4n) is 2.58. The third-order valence-electron chi connectivity index (χ3n) is 3.64. The van der Waals surface area contributed by atoms with Gasteiger partial charge in [-0.05, 0) is 43.9 Å². The van der Waals surface area contributed by atoms with Gasteiger partial charge in [-0.25, -0.2) is 0 Å². The summed E-state index contributed by atoms with van der Waals surface area (Å²) in [6.07, 6.45) is 6.35. The lowest BCUT2D eigenvalue weighted by atomic mass is 10.0. The zero-order valence-corrected chi connectivity index (χ0v) is 13.1. The van der Waals surface area contributed by atoms with E-state index in [1.165, 1.54) is 6.42 Å². The standard InChI is InChI=1S/C14H21N3O.2ClH/c15-10-11-4-3-6-13(11)17-14(18)8-7-12-5-1-2-9-16-12;;/h1-2,5,9,11,13H,3-4,6-8,10,15H2,(H,17,18);2*1H. The van der Waals surface area contributed by atoms with Gasteiger partial charge in [-0.1, -0.05) is 12.5 Å². The summed E-state index contributed by atoms with van der Waals surface area (Å²) in [6, 6.07) is 6.06. The first-order chi connectivity index (χ1) is 8.79. The number of amides is 1. The van der Waals surface area contributed by atoms with E-state index in [4.69, 9.17) is 5.73 Å².